The summed E-state index contributed by atoms with van der Waals surface area (Å²) in [6.07, 6.45) is 0. The molecule has 4 nitrogen and oxygen atoms in total. The predicted molar refractivity (Wildman–Crippen MR) is 83.0 cm³/mol. The number of nitrogens with zero attached hydrogens (tertiary/aromatic N) is 1. The van der Waals surface area contributed by atoms with Gasteiger partial charge in [-0.05, 0) is 29.8 Å². The second-order valence-corrected chi connectivity index (χ2v) is 4.79. The molecule has 108 valence electrons. The van der Waals surface area contributed by atoms with Crippen LogP contribution in [-0.4, -0.2) is 25.5 Å². The first kappa shape index (κ1) is 13.5. The van der Waals surface area contributed by atoms with Crippen LogP contribution in [0.3, 0.4) is 0 Å². The number of nitrogens with one attached hydrogen (secondary N) is 1. The van der Waals surface area contributed by atoms with Crippen LogP contribution in [0.1, 0.15) is 5.56 Å². The first-order valence-corrected chi connectivity index (χ1v) is 7.07. The van der Waals surface area contributed by atoms with E-state index in [0.717, 1.165) is 36.0 Å². The largest absolute Gasteiger partial charge is 0.489 e. The predicted octanol–water partition coefficient (Wildman–Crippen LogP) is 2.65. The van der Waals surface area contributed by atoms with Crippen molar-refractivity contribution in [2.75, 3.05) is 19.7 Å². The van der Waals surface area contributed by atoms with Crippen molar-refractivity contribution in [3.63, 3.8) is 0 Å². The fourth-order valence-corrected chi connectivity index (χ4v) is 2.07. The summed E-state index contributed by atoms with van der Waals surface area (Å²) in [6, 6.07) is 17.8. The summed E-state index contributed by atoms with van der Waals surface area (Å²) >= 11 is 0. The van der Waals surface area contributed by atoms with Crippen LogP contribution >= 0.6 is 0 Å². The van der Waals surface area contributed by atoms with Crippen molar-refractivity contribution in [1.82, 2.24) is 5.32 Å². The molecule has 0 radical (unpaired) electrons. The molecule has 21 heavy (non-hydrogen) atoms. The van der Waals surface area contributed by atoms with Gasteiger partial charge in [0, 0.05) is 6.54 Å². The Bertz CT molecular complexity index is 594. The molecule has 2 aromatic rings. The number of ether oxygens (including phenoxy) is 2. The fourth-order valence-electron chi connectivity index (χ4n) is 2.07. The van der Waals surface area contributed by atoms with Gasteiger partial charge in [-0.15, -0.1) is 0 Å². The van der Waals surface area contributed by atoms with Crippen molar-refractivity contribution in [3.8, 4) is 11.5 Å². The summed E-state index contributed by atoms with van der Waals surface area (Å²) in [7, 11) is 0. The minimum atomic E-state index is 0.490. The van der Waals surface area contributed by atoms with Gasteiger partial charge < -0.3 is 14.8 Å². The van der Waals surface area contributed by atoms with Crippen molar-refractivity contribution in [1.29, 1.82) is 0 Å². The Morgan fingerprint density at radius 3 is 2.14 bits per heavy atom. The molecule has 0 atom stereocenters. The molecule has 4 heteroatoms. The van der Waals surface area contributed by atoms with E-state index in [2.05, 4.69) is 10.3 Å². The number of hydrogen-bond acceptors (Lipinski definition) is 4. The van der Waals surface area contributed by atoms with Crippen molar-refractivity contribution in [2.45, 2.75) is 6.61 Å². The highest BCUT2D eigenvalue weighted by Gasteiger charge is 2.05. The minimum Gasteiger partial charge on any atom is -0.489 e. The molecule has 1 aliphatic rings. The van der Waals surface area contributed by atoms with Crippen LogP contribution < -0.4 is 14.8 Å². The van der Waals surface area contributed by atoms with Gasteiger partial charge in [0.2, 0.25) is 0 Å². The lowest BCUT2D eigenvalue weighted by Crippen LogP contribution is -2.24. The van der Waals surface area contributed by atoms with Crippen LogP contribution in [0.2, 0.25) is 0 Å². The summed E-state index contributed by atoms with van der Waals surface area (Å²) in [4.78, 5) is 4.29. The van der Waals surface area contributed by atoms with Crippen LogP contribution in [0, 0.1) is 0 Å². The van der Waals surface area contributed by atoms with Gasteiger partial charge in [0.1, 0.15) is 30.5 Å². The highest BCUT2D eigenvalue weighted by Crippen LogP contribution is 2.18. The van der Waals surface area contributed by atoms with E-state index in [1.165, 1.54) is 0 Å². The number of rotatable bonds is 6. The summed E-state index contributed by atoms with van der Waals surface area (Å²) in [5.41, 5.74) is 1.16. The van der Waals surface area contributed by atoms with Crippen LogP contribution in [0.4, 0.5) is 0 Å². The number of hydrogen-bond donors (Lipinski definition) is 1. The van der Waals surface area contributed by atoms with E-state index in [1.54, 1.807) is 0 Å². The Balaban J connectivity index is 1.49. The monoisotopic (exact) mass is 282 g/mol. The van der Waals surface area contributed by atoms with E-state index >= 15 is 0 Å². The van der Waals surface area contributed by atoms with E-state index in [4.69, 9.17) is 9.47 Å². The zero-order chi connectivity index (χ0) is 14.3. The Morgan fingerprint density at radius 1 is 0.857 bits per heavy atom. The topological polar surface area (TPSA) is 42.9 Å². The zero-order valence-corrected chi connectivity index (χ0v) is 11.8. The highest BCUT2D eigenvalue weighted by molar-refractivity contribution is 5.84. The molecule has 0 bridgehead atoms. The standard InChI is InChI=1S/C17H18N2O2/c1-2-4-14(5-3-1)12-20-15-6-8-16(9-7-15)21-13-17-18-10-11-19-17/h1-9H,10-13H2,(H,18,19). The highest BCUT2D eigenvalue weighted by atomic mass is 16.5. The Kier molecular flexibility index (Phi) is 4.36. The van der Waals surface area contributed by atoms with E-state index in [9.17, 15) is 0 Å². The molecular formula is C17H18N2O2. The van der Waals surface area contributed by atoms with E-state index < -0.39 is 0 Å². The minimum absolute atomic E-state index is 0.490. The number of aliphatic imine (C=N–C) groups is 1. The SMILES string of the molecule is c1ccc(COc2ccc(OCC3=NCCN3)cc2)cc1. The van der Waals surface area contributed by atoms with Gasteiger partial charge >= 0.3 is 0 Å². The Morgan fingerprint density at radius 2 is 1.52 bits per heavy atom. The maximum absolute atomic E-state index is 5.73. The van der Waals surface area contributed by atoms with Gasteiger partial charge in [0.05, 0.1) is 6.54 Å². The van der Waals surface area contributed by atoms with Crippen molar-refractivity contribution in [3.05, 3.63) is 60.2 Å². The number of benzene rings is 2. The molecule has 0 aliphatic carbocycles. The van der Waals surface area contributed by atoms with E-state index in [-0.39, 0.29) is 0 Å². The molecule has 0 aromatic heterocycles. The molecule has 0 saturated carbocycles. The molecule has 1 heterocycles. The lowest BCUT2D eigenvalue weighted by molar-refractivity contribution is 0.305. The summed E-state index contributed by atoms with van der Waals surface area (Å²) in [5, 5.41) is 3.18. The van der Waals surface area contributed by atoms with Crippen LogP contribution in [0.15, 0.2) is 59.6 Å². The summed E-state index contributed by atoms with van der Waals surface area (Å²) < 4.78 is 11.4. The lowest BCUT2D eigenvalue weighted by atomic mass is 10.2. The first-order valence-electron chi connectivity index (χ1n) is 7.07. The smallest absolute Gasteiger partial charge is 0.145 e. The van der Waals surface area contributed by atoms with Gasteiger partial charge in [0.15, 0.2) is 0 Å². The maximum atomic E-state index is 5.73. The van der Waals surface area contributed by atoms with Crippen molar-refractivity contribution < 1.29 is 9.47 Å². The molecule has 3 rings (SSSR count). The molecule has 1 aliphatic heterocycles. The summed E-state index contributed by atoms with van der Waals surface area (Å²) in [5.74, 6) is 2.57. The Hall–Kier alpha value is -2.49. The van der Waals surface area contributed by atoms with E-state index in [1.807, 2.05) is 54.6 Å². The van der Waals surface area contributed by atoms with Gasteiger partial charge in [-0.25, -0.2) is 0 Å². The van der Waals surface area contributed by atoms with Gasteiger partial charge in [-0.3, -0.25) is 4.99 Å². The Labute approximate surface area is 124 Å². The van der Waals surface area contributed by atoms with Crippen molar-refractivity contribution in [2.24, 2.45) is 4.99 Å². The average Bonchev–Trinajstić information content (AvgIpc) is 3.06. The van der Waals surface area contributed by atoms with Crippen molar-refractivity contribution >= 4 is 5.84 Å². The van der Waals surface area contributed by atoms with Gasteiger partial charge in [-0.2, -0.15) is 0 Å². The van der Waals surface area contributed by atoms with Gasteiger partial charge in [0.25, 0.3) is 0 Å². The number of amidine groups is 1. The molecule has 0 amide bonds. The third kappa shape index (κ3) is 3.99. The van der Waals surface area contributed by atoms with Crippen LogP contribution in [0.25, 0.3) is 0 Å². The fraction of sp³-hybridized carbons (Fsp3) is 0.235. The molecule has 0 unspecified atom stereocenters. The second-order valence-electron chi connectivity index (χ2n) is 4.79. The van der Waals surface area contributed by atoms with Crippen LogP contribution in [-0.2, 0) is 6.61 Å². The molecule has 0 saturated heterocycles. The molecule has 2 aromatic carbocycles. The molecular weight excluding hydrogens is 264 g/mol. The van der Waals surface area contributed by atoms with E-state index in [0.29, 0.717) is 13.2 Å². The van der Waals surface area contributed by atoms with Gasteiger partial charge in [-0.1, -0.05) is 30.3 Å². The maximum Gasteiger partial charge on any atom is 0.145 e. The van der Waals surface area contributed by atoms with Crippen LogP contribution in [0.5, 0.6) is 11.5 Å². The zero-order valence-electron chi connectivity index (χ0n) is 11.8. The quantitative estimate of drug-likeness (QED) is 0.885. The molecule has 0 fully saturated rings. The lowest BCUT2D eigenvalue weighted by Gasteiger charge is -2.09. The molecule has 0 spiro atoms. The summed E-state index contributed by atoms with van der Waals surface area (Å²) in [6.45, 7) is 2.81. The first-order chi connectivity index (χ1) is 10.4. The molecule has 1 N–H and O–H groups in total. The third-order valence-electron chi connectivity index (χ3n) is 3.19. The normalized spacial score (nSPS) is 13.4. The second kappa shape index (κ2) is 6.79. The third-order valence-corrected chi connectivity index (χ3v) is 3.19. The average molecular weight is 282 g/mol.